The van der Waals surface area contributed by atoms with Crippen molar-refractivity contribution in [1.82, 2.24) is 21.2 Å². The Balaban J connectivity index is 1.21. The Morgan fingerprint density at radius 1 is 0.964 bits per heavy atom. The van der Waals surface area contributed by atoms with E-state index in [-0.39, 0.29) is 6.04 Å². The zero-order valence-corrected chi connectivity index (χ0v) is 15.2. The number of hydrogen-bond acceptors (Lipinski definition) is 3. The van der Waals surface area contributed by atoms with Gasteiger partial charge >= 0.3 is 6.03 Å². The van der Waals surface area contributed by atoms with Crippen LogP contribution in [-0.2, 0) is 6.42 Å². The van der Waals surface area contributed by atoms with Crippen LogP contribution in [0.4, 0.5) is 4.79 Å². The number of aromatic nitrogens is 1. The van der Waals surface area contributed by atoms with E-state index in [0.717, 1.165) is 18.2 Å². The summed E-state index contributed by atoms with van der Waals surface area (Å²) in [6.45, 7) is 0. The van der Waals surface area contributed by atoms with Gasteiger partial charge in [0.05, 0.1) is 11.1 Å². The van der Waals surface area contributed by atoms with Crippen molar-refractivity contribution in [3.8, 4) is 0 Å². The number of para-hydroxylation sites is 1. The predicted molar refractivity (Wildman–Crippen MR) is 106 cm³/mol. The van der Waals surface area contributed by atoms with Crippen LogP contribution in [0.3, 0.4) is 0 Å². The molecule has 0 bridgehead atoms. The van der Waals surface area contributed by atoms with E-state index in [0.29, 0.717) is 22.9 Å². The zero-order valence-electron chi connectivity index (χ0n) is 15.2. The highest BCUT2D eigenvalue weighted by molar-refractivity contribution is 6.05. The minimum Gasteiger partial charge on any atom is -0.333 e. The molecule has 0 aliphatic heterocycles. The second kappa shape index (κ2) is 6.64. The molecule has 6 heteroatoms. The van der Waals surface area contributed by atoms with Gasteiger partial charge in [-0.3, -0.25) is 15.2 Å². The van der Waals surface area contributed by atoms with Crippen LogP contribution in [0.25, 0.3) is 10.9 Å². The molecule has 2 aliphatic carbocycles. The molecule has 0 saturated heterocycles. The first-order valence-corrected chi connectivity index (χ1v) is 9.51. The molecular formula is C22H20N4O2. The lowest BCUT2D eigenvalue weighted by Crippen LogP contribution is -2.48. The summed E-state index contributed by atoms with van der Waals surface area (Å²) in [6, 6.07) is 17.3. The number of carbonyl (C=O) groups excluding carboxylic acids is 2. The maximum Gasteiger partial charge on any atom is 0.333 e. The van der Waals surface area contributed by atoms with E-state index in [1.807, 2.05) is 18.2 Å². The lowest BCUT2D eigenvalue weighted by Gasteiger charge is -2.13. The summed E-state index contributed by atoms with van der Waals surface area (Å²) in [6.07, 6.45) is 3.79. The number of urea groups is 1. The number of rotatable bonds is 2. The normalized spacial score (nSPS) is 21.9. The minimum atomic E-state index is -0.391. The van der Waals surface area contributed by atoms with Crippen LogP contribution < -0.4 is 16.2 Å². The molecule has 0 radical (unpaired) electrons. The van der Waals surface area contributed by atoms with E-state index >= 15 is 0 Å². The van der Waals surface area contributed by atoms with Gasteiger partial charge in [0.1, 0.15) is 0 Å². The number of benzene rings is 2. The molecule has 1 fully saturated rings. The summed E-state index contributed by atoms with van der Waals surface area (Å²) in [5.74, 6) is 0.477. The molecule has 2 aliphatic rings. The molecule has 6 nitrogen and oxygen atoms in total. The molecule has 5 rings (SSSR count). The predicted octanol–water partition coefficient (Wildman–Crippen LogP) is 2.91. The van der Waals surface area contributed by atoms with Crippen LogP contribution in [-0.4, -0.2) is 23.0 Å². The average Bonchev–Trinajstić information content (AvgIpc) is 3.44. The molecule has 1 heterocycles. The van der Waals surface area contributed by atoms with Crippen LogP contribution in [0, 0.1) is 5.92 Å². The Morgan fingerprint density at radius 2 is 1.82 bits per heavy atom. The molecule has 140 valence electrons. The number of hydrazine groups is 1. The van der Waals surface area contributed by atoms with Crippen molar-refractivity contribution in [2.75, 3.05) is 0 Å². The molecule has 28 heavy (non-hydrogen) atoms. The van der Waals surface area contributed by atoms with Gasteiger partial charge in [-0.25, -0.2) is 10.2 Å². The smallest absolute Gasteiger partial charge is 0.333 e. The van der Waals surface area contributed by atoms with Crippen molar-refractivity contribution in [2.24, 2.45) is 5.92 Å². The fourth-order valence-electron chi connectivity index (χ4n) is 4.42. The average molecular weight is 372 g/mol. The first-order chi connectivity index (χ1) is 13.7. The summed E-state index contributed by atoms with van der Waals surface area (Å²) in [7, 11) is 0. The molecule has 3 unspecified atom stereocenters. The van der Waals surface area contributed by atoms with Crippen molar-refractivity contribution < 1.29 is 9.59 Å². The summed E-state index contributed by atoms with van der Waals surface area (Å²) >= 11 is 0. The largest absolute Gasteiger partial charge is 0.333 e. The van der Waals surface area contributed by atoms with Gasteiger partial charge in [0, 0.05) is 23.5 Å². The van der Waals surface area contributed by atoms with Crippen molar-refractivity contribution in [2.45, 2.75) is 24.8 Å². The Kier molecular flexibility index (Phi) is 3.97. The van der Waals surface area contributed by atoms with E-state index in [4.69, 9.17) is 0 Å². The molecule has 3 aromatic rings. The SMILES string of the molecule is O=C(NNC(=O)c1cccc2cccnc12)NC1C2CCc3ccccc3C21. The Morgan fingerprint density at radius 3 is 2.75 bits per heavy atom. The third kappa shape index (κ3) is 2.87. The van der Waals surface area contributed by atoms with E-state index < -0.39 is 11.9 Å². The highest BCUT2D eigenvalue weighted by atomic mass is 16.2. The molecule has 3 amide bonds. The topological polar surface area (TPSA) is 83.1 Å². The van der Waals surface area contributed by atoms with Gasteiger partial charge in [0.15, 0.2) is 0 Å². The van der Waals surface area contributed by atoms with Gasteiger partial charge in [0.2, 0.25) is 0 Å². The number of pyridine rings is 1. The van der Waals surface area contributed by atoms with Crippen molar-refractivity contribution in [1.29, 1.82) is 0 Å². The van der Waals surface area contributed by atoms with E-state index in [2.05, 4.69) is 45.4 Å². The Labute approximate surface area is 162 Å². The first-order valence-electron chi connectivity index (χ1n) is 9.51. The van der Waals surface area contributed by atoms with Crippen molar-refractivity contribution >= 4 is 22.8 Å². The monoisotopic (exact) mass is 372 g/mol. The molecule has 0 spiro atoms. The standard InChI is InChI=1S/C22H20N4O2/c27-21(17-9-3-6-14-7-4-12-23-19(14)17)25-26-22(28)24-20-16-11-10-13-5-1-2-8-15(13)18(16)20/h1-9,12,16,18,20H,10-11H2,(H,25,27)(H2,24,26,28). The number of nitrogens with zero attached hydrogens (tertiary/aromatic N) is 1. The number of nitrogens with one attached hydrogen (secondary N) is 3. The second-order valence-electron chi connectivity index (χ2n) is 7.39. The van der Waals surface area contributed by atoms with Gasteiger partial charge in [-0.05, 0) is 42.0 Å². The van der Waals surface area contributed by atoms with Gasteiger partial charge in [0.25, 0.3) is 5.91 Å². The third-order valence-electron chi connectivity index (χ3n) is 5.79. The van der Waals surface area contributed by atoms with Gasteiger partial charge in [-0.15, -0.1) is 0 Å². The fourth-order valence-corrected chi connectivity index (χ4v) is 4.42. The summed E-state index contributed by atoms with van der Waals surface area (Å²) in [4.78, 5) is 29.1. The summed E-state index contributed by atoms with van der Waals surface area (Å²) in [5, 5.41) is 3.88. The van der Waals surface area contributed by atoms with E-state index in [1.54, 1.807) is 18.3 Å². The number of hydrogen-bond donors (Lipinski definition) is 3. The van der Waals surface area contributed by atoms with E-state index in [1.165, 1.54) is 11.1 Å². The maximum absolute atomic E-state index is 12.5. The van der Waals surface area contributed by atoms with Crippen LogP contribution in [0.2, 0.25) is 0 Å². The maximum atomic E-state index is 12.5. The highest BCUT2D eigenvalue weighted by Gasteiger charge is 2.53. The van der Waals surface area contributed by atoms with Gasteiger partial charge in [-0.2, -0.15) is 0 Å². The van der Waals surface area contributed by atoms with Gasteiger partial charge < -0.3 is 5.32 Å². The van der Waals surface area contributed by atoms with Crippen LogP contribution in [0.15, 0.2) is 60.8 Å². The second-order valence-corrected chi connectivity index (χ2v) is 7.39. The van der Waals surface area contributed by atoms with Crippen LogP contribution in [0.5, 0.6) is 0 Å². The summed E-state index contributed by atoms with van der Waals surface area (Å²) < 4.78 is 0. The van der Waals surface area contributed by atoms with Crippen LogP contribution >= 0.6 is 0 Å². The third-order valence-corrected chi connectivity index (χ3v) is 5.79. The number of amides is 3. The number of aryl methyl sites for hydroxylation is 1. The lowest BCUT2D eigenvalue weighted by atomic mass is 9.92. The highest BCUT2D eigenvalue weighted by Crippen LogP contribution is 2.54. The Hall–Kier alpha value is -3.41. The zero-order chi connectivity index (χ0) is 19.1. The Bertz CT molecular complexity index is 1080. The fraction of sp³-hybridized carbons (Fsp3) is 0.227. The van der Waals surface area contributed by atoms with Crippen molar-refractivity contribution in [3.05, 3.63) is 77.5 Å². The van der Waals surface area contributed by atoms with Gasteiger partial charge in [-0.1, -0.05) is 42.5 Å². The number of carbonyl (C=O) groups is 2. The first kappa shape index (κ1) is 16.7. The van der Waals surface area contributed by atoms with Crippen molar-refractivity contribution in [3.63, 3.8) is 0 Å². The molecule has 3 atom stereocenters. The molecule has 2 aromatic carbocycles. The quantitative estimate of drug-likeness (QED) is 0.605. The molecule has 1 saturated carbocycles. The van der Waals surface area contributed by atoms with E-state index in [9.17, 15) is 9.59 Å². The van der Waals surface area contributed by atoms with Crippen LogP contribution in [0.1, 0.15) is 33.8 Å². The molecule has 3 N–H and O–H groups in total. The molecular weight excluding hydrogens is 352 g/mol. The number of fused-ring (bicyclic) bond motifs is 4. The minimum absolute atomic E-state index is 0.125. The molecule has 1 aromatic heterocycles. The summed E-state index contributed by atoms with van der Waals surface area (Å²) in [5.41, 5.74) is 8.71. The lowest BCUT2D eigenvalue weighted by molar-refractivity contribution is 0.0937.